The van der Waals surface area contributed by atoms with Crippen molar-refractivity contribution < 1.29 is 0 Å². The van der Waals surface area contributed by atoms with E-state index in [9.17, 15) is 0 Å². The van der Waals surface area contributed by atoms with E-state index in [2.05, 4.69) is 31.2 Å². The van der Waals surface area contributed by atoms with Gasteiger partial charge in [0.05, 0.1) is 17.6 Å². The van der Waals surface area contributed by atoms with E-state index in [1.807, 2.05) is 17.9 Å². The van der Waals surface area contributed by atoms with Gasteiger partial charge in [0.25, 0.3) is 0 Å². The number of aromatic nitrogens is 2. The standard InChI is InChI=1S/C10H19N3/c1-5-10-9(7-12-13(10)4)11-6-8(2)3/h7-8,11H,5-6H2,1-4H3. The van der Waals surface area contributed by atoms with Gasteiger partial charge in [-0.2, -0.15) is 5.10 Å². The molecule has 0 saturated carbocycles. The molecule has 0 radical (unpaired) electrons. The molecule has 0 aliphatic rings. The van der Waals surface area contributed by atoms with Crippen LogP contribution in [0.1, 0.15) is 26.5 Å². The molecule has 0 aromatic carbocycles. The predicted molar refractivity (Wildman–Crippen MR) is 55.9 cm³/mol. The molecule has 1 rings (SSSR count). The summed E-state index contributed by atoms with van der Waals surface area (Å²) in [7, 11) is 1.99. The third-order valence-corrected chi connectivity index (χ3v) is 2.10. The first kappa shape index (κ1) is 10.1. The van der Waals surface area contributed by atoms with Crippen molar-refractivity contribution >= 4 is 5.69 Å². The van der Waals surface area contributed by atoms with Crippen LogP contribution >= 0.6 is 0 Å². The van der Waals surface area contributed by atoms with Gasteiger partial charge in [-0.15, -0.1) is 0 Å². The number of hydrogen-bond acceptors (Lipinski definition) is 2. The molecule has 3 nitrogen and oxygen atoms in total. The molecule has 0 amide bonds. The van der Waals surface area contributed by atoms with Crippen molar-refractivity contribution in [3.63, 3.8) is 0 Å². The molecule has 1 aromatic rings. The highest BCUT2D eigenvalue weighted by Gasteiger charge is 2.05. The Morgan fingerprint density at radius 1 is 1.54 bits per heavy atom. The largest absolute Gasteiger partial charge is 0.382 e. The SMILES string of the molecule is CCc1c(NCC(C)C)cnn1C. The summed E-state index contributed by atoms with van der Waals surface area (Å²) in [5, 5.41) is 7.62. The van der Waals surface area contributed by atoms with Crippen molar-refractivity contribution in [2.45, 2.75) is 27.2 Å². The number of anilines is 1. The van der Waals surface area contributed by atoms with E-state index < -0.39 is 0 Å². The van der Waals surface area contributed by atoms with Crippen molar-refractivity contribution in [3.05, 3.63) is 11.9 Å². The smallest absolute Gasteiger partial charge is 0.0759 e. The quantitative estimate of drug-likeness (QED) is 0.770. The lowest BCUT2D eigenvalue weighted by Gasteiger charge is -2.08. The van der Waals surface area contributed by atoms with Gasteiger partial charge in [-0.1, -0.05) is 20.8 Å². The topological polar surface area (TPSA) is 29.9 Å². The van der Waals surface area contributed by atoms with Gasteiger partial charge in [-0.3, -0.25) is 4.68 Å². The number of nitrogens with one attached hydrogen (secondary N) is 1. The molecule has 1 N–H and O–H groups in total. The molecular formula is C10H19N3. The molecule has 0 bridgehead atoms. The van der Waals surface area contributed by atoms with Crippen LogP contribution in [0.2, 0.25) is 0 Å². The maximum absolute atomic E-state index is 4.22. The van der Waals surface area contributed by atoms with E-state index in [0.717, 1.165) is 13.0 Å². The summed E-state index contributed by atoms with van der Waals surface area (Å²) in [6.07, 6.45) is 2.93. The Morgan fingerprint density at radius 2 is 2.23 bits per heavy atom. The van der Waals surface area contributed by atoms with Crippen LogP contribution in [0, 0.1) is 5.92 Å². The van der Waals surface area contributed by atoms with Crippen LogP contribution in [0.3, 0.4) is 0 Å². The fourth-order valence-electron chi connectivity index (χ4n) is 1.34. The number of nitrogens with zero attached hydrogens (tertiary/aromatic N) is 2. The zero-order valence-corrected chi connectivity index (χ0v) is 8.96. The Hall–Kier alpha value is -0.990. The van der Waals surface area contributed by atoms with Gasteiger partial charge in [0.2, 0.25) is 0 Å². The second-order valence-electron chi connectivity index (χ2n) is 3.76. The molecule has 1 heterocycles. The van der Waals surface area contributed by atoms with E-state index in [0.29, 0.717) is 5.92 Å². The third-order valence-electron chi connectivity index (χ3n) is 2.10. The van der Waals surface area contributed by atoms with Crippen molar-refractivity contribution in [2.24, 2.45) is 13.0 Å². The van der Waals surface area contributed by atoms with Gasteiger partial charge in [0, 0.05) is 13.6 Å². The molecule has 74 valence electrons. The Morgan fingerprint density at radius 3 is 2.77 bits per heavy atom. The summed E-state index contributed by atoms with van der Waals surface area (Å²) >= 11 is 0. The predicted octanol–water partition coefficient (Wildman–Crippen LogP) is 2.05. The minimum absolute atomic E-state index is 0.671. The third kappa shape index (κ3) is 2.47. The molecule has 13 heavy (non-hydrogen) atoms. The fraction of sp³-hybridized carbons (Fsp3) is 0.700. The van der Waals surface area contributed by atoms with Gasteiger partial charge in [0.15, 0.2) is 0 Å². The Kier molecular flexibility index (Phi) is 3.34. The summed E-state index contributed by atoms with van der Waals surface area (Å²) in [5.41, 5.74) is 2.46. The first-order chi connectivity index (χ1) is 6.15. The lowest BCUT2D eigenvalue weighted by molar-refractivity contribution is 0.686. The zero-order valence-electron chi connectivity index (χ0n) is 8.96. The Balaban J connectivity index is 2.65. The molecule has 0 unspecified atom stereocenters. The molecule has 0 atom stereocenters. The van der Waals surface area contributed by atoms with Gasteiger partial charge in [0.1, 0.15) is 0 Å². The van der Waals surface area contributed by atoms with Crippen molar-refractivity contribution in [1.29, 1.82) is 0 Å². The molecule has 0 aliphatic carbocycles. The van der Waals surface area contributed by atoms with E-state index in [4.69, 9.17) is 0 Å². The highest BCUT2D eigenvalue weighted by Crippen LogP contribution is 2.14. The number of hydrogen-bond donors (Lipinski definition) is 1. The number of rotatable bonds is 4. The Labute approximate surface area is 80.1 Å². The monoisotopic (exact) mass is 181 g/mol. The van der Waals surface area contributed by atoms with Crippen LogP contribution in [0.4, 0.5) is 5.69 Å². The average molecular weight is 181 g/mol. The molecule has 0 saturated heterocycles. The second-order valence-corrected chi connectivity index (χ2v) is 3.76. The molecular weight excluding hydrogens is 162 g/mol. The van der Waals surface area contributed by atoms with Crippen molar-refractivity contribution in [2.75, 3.05) is 11.9 Å². The van der Waals surface area contributed by atoms with Gasteiger partial charge in [-0.25, -0.2) is 0 Å². The van der Waals surface area contributed by atoms with E-state index >= 15 is 0 Å². The highest BCUT2D eigenvalue weighted by atomic mass is 15.3. The first-order valence-corrected chi connectivity index (χ1v) is 4.89. The van der Waals surface area contributed by atoms with Crippen LogP contribution in [-0.2, 0) is 13.5 Å². The highest BCUT2D eigenvalue weighted by molar-refractivity contribution is 5.46. The van der Waals surface area contributed by atoms with E-state index in [1.54, 1.807) is 0 Å². The zero-order chi connectivity index (χ0) is 9.84. The van der Waals surface area contributed by atoms with Gasteiger partial charge < -0.3 is 5.32 Å². The molecule has 0 fully saturated rings. The second kappa shape index (κ2) is 4.30. The lowest BCUT2D eigenvalue weighted by atomic mass is 10.2. The van der Waals surface area contributed by atoms with Crippen LogP contribution < -0.4 is 5.32 Å². The summed E-state index contributed by atoms with van der Waals surface area (Å²) in [5.74, 6) is 0.671. The van der Waals surface area contributed by atoms with Crippen LogP contribution in [0.5, 0.6) is 0 Å². The molecule has 1 aromatic heterocycles. The minimum Gasteiger partial charge on any atom is -0.382 e. The van der Waals surface area contributed by atoms with Crippen molar-refractivity contribution in [1.82, 2.24) is 9.78 Å². The van der Waals surface area contributed by atoms with E-state index in [-0.39, 0.29) is 0 Å². The molecule has 3 heteroatoms. The Bertz CT molecular complexity index is 263. The molecule has 0 aliphatic heterocycles. The first-order valence-electron chi connectivity index (χ1n) is 4.89. The van der Waals surface area contributed by atoms with Gasteiger partial charge >= 0.3 is 0 Å². The van der Waals surface area contributed by atoms with Crippen LogP contribution in [-0.4, -0.2) is 16.3 Å². The summed E-state index contributed by atoms with van der Waals surface area (Å²) in [6, 6.07) is 0. The lowest BCUT2D eigenvalue weighted by Crippen LogP contribution is -2.09. The normalized spacial score (nSPS) is 10.8. The number of aryl methyl sites for hydroxylation is 1. The average Bonchev–Trinajstić information content (AvgIpc) is 2.42. The summed E-state index contributed by atoms with van der Waals surface area (Å²) in [6.45, 7) is 7.57. The van der Waals surface area contributed by atoms with Gasteiger partial charge in [-0.05, 0) is 12.3 Å². The van der Waals surface area contributed by atoms with Crippen molar-refractivity contribution in [3.8, 4) is 0 Å². The summed E-state index contributed by atoms with van der Waals surface area (Å²) < 4.78 is 1.93. The van der Waals surface area contributed by atoms with Crippen LogP contribution in [0.25, 0.3) is 0 Å². The fourth-order valence-corrected chi connectivity index (χ4v) is 1.34. The summed E-state index contributed by atoms with van der Waals surface area (Å²) in [4.78, 5) is 0. The molecule has 0 spiro atoms. The van der Waals surface area contributed by atoms with Crippen LogP contribution in [0.15, 0.2) is 6.20 Å². The maximum Gasteiger partial charge on any atom is 0.0759 e. The maximum atomic E-state index is 4.22. The van der Waals surface area contributed by atoms with E-state index in [1.165, 1.54) is 11.4 Å². The minimum atomic E-state index is 0.671.